The summed E-state index contributed by atoms with van der Waals surface area (Å²) < 4.78 is 6.94. The molecule has 1 amide bonds. The lowest BCUT2D eigenvalue weighted by Crippen LogP contribution is -2.41. The summed E-state index contributed by atoms with van der Waals surface area (Å²) >= 11 is 0. The first kappa shape index (κ1) is 15.4. The van der Waals surface area contributed by atoms with Crippen molar-refractivity contribution >= 4 is 22.5 Å². The molecule has 0 saturated heterocycles. The summed E-state index contributed by atoms with van der Waals surface area (Å²) in [7, 11) is 0. The van der Waals surface area contributed by atoms with Gasteiger partial charge in [0.1, 0.15) is 18.9 Å². The van der Waals surface area contributed by atoms with Crippen molar-refractivity contribution in [2.75, 3.05) is 18.1 Å². The highest BCUT2D eigenvalue weighted by molar-refractivity contribution is 5.95. The quantitative estimate of drug-likeness (QED) is 0.720. The Labute approximate surface area is 144 Å². The number of para-hydroxylation sites is 3. The first-order chi connectivity index (χ1) is 12.1. The van der Waals surface area contributed by atoms with Gasteiger partial charge in [-0.15, -0.1) is 0 Å². The Bertz CT molecular complexity index is 1030. The first-order valence-electron chi connectivity index (χ1n) is 8.12. The molecule has 1 aliphatic heterocycles. The number of fused-ring (bicyclic) bond motifs is 2. The minimum absolute atomic E-state index is 0.0515. The van der Waals surface area contributed by atoms with Crippen molar-refractivity contribution in [1.29, 1.82) is 0 Å². The van der Waals surface area contributed by atoms with E-state index >= 15 is 0 Å². The second-order valence-electron chi connectivity index (χ2n) is 6.01. The molecule has 0 bridgehead atoms. The molecule has 2 heterocycles. The fourth-order valence-electron chi connectivity index (χ4n) is 3.11. The van der Waals surface area contributed by atoms with Crippen LogP contribution in [0.15, 0.2) is 53.6 Å². The molecule has 126 valence electrons. The first-order valence-corrected chi connectivity index (χ1v) is 8.12. The summed E-state index contributed by atoms with van der Waals surface area (Å²) in [6.07, 6.45) is 1.45. The highest BCUT2D eigenvalue weighted by atomic mass is 16.5. The molecule has 0 N–H and O–H groups in total. The van der Waals surface area contributed by atoms with E-state index in [1.165, 1.54) is 10.9 Å². The molecule has 4 rings (SSSR count). The van der Waals surface area contributed by atoms with Gasteiger partial charge in [-0.05, 0) is 30.7 Å². The zero-order valence-corrected chi connectivity index (χ0v) is 13.8. The van der Waals surface area contributed by atoms with E-state index in [4.69, 9.17) is 4.74 Å². The lowest BCUT2D eigenvalue weighted by atomic mass is 10.1. The Hall–Kier alpha value is -3.15. The Morgan fingerprint density at radius 3 is 2.92 bits per heavy atom. The number of aryl methyl sites for hydroxylation is 1. The lowest BCUT2D eigenvalue weighted by Gasteiger charge is -2.29. The van der Waals surface area contributed by atoms with Gasteiger partial charge in [-0.1, -0.05) is 24.3 Å². The third-order valence-electron chi connectivity index (χ3n) is 4.39. The van der Waals surface area contributed by atoms with E-state index in [1.54, 1.807) is 11.0 Å². The average molecular weight is 335 g/mol. The molecular formula is C19H17N3O3. The van der Waals surface area contributed by atoms with Crippen LogP contribution in [0.3, 0.4) is 0 Å². The van der Waals surface area contributed by atoms with Gasteiger partial charge in [-0.2, -0.15) is 0 Å². The van der Waals surface area contributed by atoms with Gasteiger partial charge in [0.2, 0.25) is 5.91 Å². The summed E-state index contributed by atoms with van der Waals surface area (Å²) in [5.74, 6) is 0.522. The molecule has 25 heavy (non-hydrogen) atoms. The minimum Gasteiger partial charge on any atom is -0.490 e. The second-order valence-corrected chi connectivity index (χ2v) is 6.01. The van der Waals surface area contributed by atoms with E-state index in [9.17, 15) is 9.59 Å². The van der Waals surface area contributed by atoms with Crippen LogP contribution < -0.4 is 15.2 Å². The van der Waals surface area contributed by atoms with Crippen molar-refractivity contribution < 1.29 is 9.53 Å². The largest absolute Gasteiger partial charge is 0.490 e. The Balaban J connectivity index is 1.67. The molecule has 0 fully saturated rings. The third kappa shape index (κ3) is 2.65. The van der Waals surface area contributed by atoms with Crippen LogP contribution in [-0.4, -0.2) is 28.6 Å². The zero-order chi connectivity index (χ0) is 17.4. The molecule has 0 aliphatic carbocycles. The number of carbonyl (C=O) groups is 1. The van der Waals surface area contributed by atoms with Crippen LogP contribution in [0, 0.1) is 6.92 Å². The van der Waals surface area contributed by atoms with E-state index in [0.717, 1.165) is 11.3 Å². The zero-order valence-electron chi connectivity index (χ0n) is 13.8. The predicted molar refractivity (Wildman–Crippen MR) is 95.0 cm³/mol. The number of aromatic nitrogens is 2. The molecule has 6 nitrogen and oxygen atoms in total. The van der Waals surface area contributed by atoms with Gasteiger partial charge in [0.05, 0.1) is 29.5 Å². The maximum atomic E-state index is 12.8. The van der Waals surface area contributed by atoms with E-state index in [1.807, 2.05) is 43.3 Å². The van der Waals surface area contributed by atoms with Gasteiger partial charge in [0.15, 0.2) is 0 Å². The number of ether oxygens (including phenoxy) is 1. The van der Waals surface area contributed by atoms with Crippen molar-refractivity contribution in [3.05, 3.63) is 64.7 Å². The standard InChI is InChI=1S/C19H17N3O3/c1-13-5-4-6-14-18(13)20-12-21(19(14)24)11-17(23)22-9-10-25-16-8-3-2-7-15(16)22/h2-8,12H,9-11H2,1H3. The summed E-state index contributed by atoms with van der Waals surface area (Å²) in [6, 6.07) is 12.9. The molecule has 0 unspecified atom stereocenters. The van der Waals surface area contributed by atoms with Crippen LogP contribution in [0.5, 0.6) is 5.75 Å². The summed E-state index contributed by atoms with van der Waals surface area (Å²) in [5, 5.41) is 0.526. The van der Waals surface area contributed by atoms with Crippen molar-refractivity contribution in [1.82, 2.24) is 9.55 Å². The molecule has 0 atom stereocenters. The molecule has 1 aromatic heterocycles. The molecule has 0 spiro atoms. The maximum absolute atomic E-state index is 12.8. The van der Waals surface area contributed by atoms with Gasteiger partial charge in [0.25, 0.3) is 5.56 Å². The summed E-state index contributed by atoms with van der Waals surface area (Å²) in [5.41, 5.74) is 2.14. The van der Waals surface area contributed by atoms with Crippen molar-refractivity contribution in [2.45, 2.75) is 13.5 Å². The smallest absolute Gasteiger partial charge is 0.261 e. The fraction of sp³-hybridized carbons (Fsp3) is 0.211. The monoisotopic (exact) mass is 335 g/mol. The normalized spacial score (nSPS) is 13.4. The van der Waals surface area contributed by atoms with Gasteiger partial charge in [0, 0.05) is 0 Å². The molecule has 2 aromatic carbocycles. The highest BCUT2D eigenvalue weighted by Gasteiger charge is 2.23. The highest BCUT2D eigenvalue weighted by Crippen LogP contribution is 2.31. The number of nitrogens with zero attached hydrogens (tertiary/aromatic N) is 3. The number of carbonyl (C=O) groups excluding carboxylic acids is 1. The number of rotatable bonds is 2. The van der Waals surface area contributed by atoms with Crippen LogP contribution in [0.2, 0.25) is 0 Å². The van der Waals surface area contributed by atoms with Gasteiger partial charge < -0.3 is 9.64 Å². The van der Waals surface area contributed by atoms with E-state index < -0.39 is 0 Å². The van der Waals surface area contributed by atoms with Crippen LogP contribution in [0.25, 0.3) is 10.9 Å². The molecular weight excluding hydrogens is 318 g/mol. The average Bonchev–Trinajstić information content (AvgIpc) is 2.64. The van der Waals surface area contributed by atoms with Crippen LogP contribution in [0.1, 0.15) is 5.56 Å². The Morgan fingerprint density at radius 1 is 1.20 bits per heavy atom. The van der Waals surface area contributed by atoms with E-state index in [0.29, 0.717) is 29.8 Å². The van der Waals surface area contributed by atoms with Crippen LogP contribution in [0.4, 0.5) is 5.69 Å². The molecule has 3 aromatic rings. The van der Waals surface area contributed by atoms with Crippen LogP contribution >= 0.6 is 0 Å². The Kier molecular flexibility index (Phi) is 3.72. The Morgan fingerprint density at radius 2 is 2.04 bits per heavy atom. The van der Waals surface area contributed by atoms with Crippen molar-refractivity contribution in [3.63, 3.8) is 0 Å². The summed E-state index contributed by atoms with van der Waals surface area (Å²) in [6.45, 7) is 2.76. The van der Waals surface area contributed by atoms with Gasteiger partial charge in [-0.25, -0.2) is 4.98 Å². The van der Waals surface area contributed by atoms with Gasteiger partial charge >= 0.3 is 0 Å². The van der Waals surface area contributed by atoms with Crippen molar-refractivity contribution in [2.24, 2.45) is 0 Å². The number of hydrogen-bond donors (Lipinski definition) is 0. The SMILES string of the molecule is Cc1cccc2c(=O)n(CC(=O)N3CCOc4ccccc43)cnc12. The maximum Gasteiger partial charge on any atom is 0.261 e. The predicted octanol–water partition coefficient (Wildman–Crippen LogP) is 2.13. The number of hydrogen-bond acceptors (Lipinski definition) is 4. The minimum atomic E-state index is -0.205. The topological polar surface area (TPSA) is 64.4 Å². The number of anilines is 1. The van der Waals surface area contributed by atoms with Crippen LogP contribution in [-0.2, 0) is 11.3 Å². The molecule has 0 radical (unpaired) electrons. The lowest BCUT2D eigenvalue weighted by molar-refractivity contribution is -0.119. The number of amides is 1. The molecule has 6 heteroatoms. The fourth-order valence-corrected chi connectivity index (χ4v) is 3.11. The number of benzene rings is 2. The second kappa shape index (κ2) is 6.05. The van der Waals surface area contributed by atoms with E-state index in [-0.39, 0.29) is 18.0 Å². The molecule has 0 saturated carbocycles. The molecule has 1 aliphatic rings. The van der Waals surface area contributed by atoms with Gasteiger partial charge in [-0.3, -0.25) is 14.2 Å². The third-order valence-corrected chi connectivity index (χ3v) is 4.39. The summed E-state index contributed by atoms with van der Waals surface area (Å²) in [4.78, 5) is 31.5. The van der Waals surface area contributed by atoms with E-state index in [2.05, 4.69) is 4.98 Å². The van der Waals surface area contributed by atoms with Crippen molar-refractivity contribution in [3.8, 4) is 5.75 Å².